The van der Waals surface area contributed by atoms with Crippen LogP contribution in [0.3, 0.4) is 0 Å². The molecular weight excluding hydrogens is 632 g/mol. The van der Waals surface area contributed by atoms with Gasteiger partial charge >= 0.3 is 11.9 Å². The van der Waals surface area contributed by atoms with E-state index in [0.717, 1.165) is 44.4 Å². The zero-order chi connectivity index (χ0) is 36.8. The summed E-state index contributed by atoms with van der Waals surface area (Å²) in [6.45, 7) is 6.15. The van der Waals surface area contributed by atoms with Crippen molar-refractivity contribution in [3.63, 3.8) is 0 Å². The van der Waals surface area contributed by atoms with E-state index in [1.54, 1.807) is 12.2 Å². The fourth-order valence-electron chi connectivity index (χ4n) is 6.60. The van der Waals surface area contributed by atoms with Crippen LogP contribution in [0, 0.1) is 17.8 Å². The fraction of sp³-hybridized carbons (Fsp3) is 0.833. The summed E-state index contributed by atoms with van der Waals surface area (Å²) in [5, 5.41) is 30.2. The molecule has 1 aliphatic rings. The largest absolute Gasteiger partial charge is 0.462 e. The Bertz CT molecular complexity index is 929. The first-order valence-electron chi connectivity index (χ1n) is 20.4. The summed E-state index contributed by atoms with van der Waals surface area (Å²) in [6, 6.07) is 0. The van der Waals surface area contributed by atoms with Crippen molar-refractivity contribution in [2.24, 2.45) is 17.8 Å². The van der Waals surface area contributed by atoms with E-state index in [1.807, 2.05) is 12.2 Å². The minimum Gasteiger partial charge on any atom is -0.462 e. The summed E-state index contributed by atoms with van der Waals surface area (Å²) in [4.78, 5) is 36.8. The maximum absolute atomic E-state index is 12.4. The standard InChI is InChI=1S/C42H74O8/c1-4-5-19-25-35(44)29-30-38-37(39(45)31-40(38)46)26-21-17-18-23-28-42(48)50-36(32-43)33-49-41(47)27-22-16-14-12-10-8-6-7-9-11-13-15-20-24-34(2)3/h17,21,29-30,34-39,43-45H,4-16,18-20,22-28,31-33H2,1-3H3/b21-17-,30-29+/t35-,36-,37+,38+,39-/m0/s1. The van der Waals surface area contributed by atoms with Crippen molar-refractivity contribution in [3.8, 4) is 0 Å². The molecule has 0 aliphatic heterocycles. The van der Waals surface area contributed by atoms with Crippen LogP contribution in [0.4, 0.5) is 0 Å². The molecule has 1 saturated carbocycles. The van der Waals surface area contributed by atoms with Gasteiger partial charge in [-0.25, -0.2) is 0 Å². The topological polar surface area (TPSA) is 130 Å². The number of Topliss-reactive ketones (excluding diaryl/α,β-unsaturated/α-hetero) is 1. The van der Waals surface area contributed by atoms with Gasteiger partial charge in [0.25, 0.3) is 0 Å². The van der Waals surface area contributed by atoms with Crippen molar-refractivity contribution >= 4 is 17.7 Å². The Morgan fingerprint density at radius 1 is 0.800 bits per heavy atom. The molecule has 0 unspecified atom stereocenters. The number of ketones is 1. The van der Waals surface area contributed by atoms with E-state index in [4.69, 9.17) is 9.47 Å². The summed E-state index contributed by atoms with van der Waals surface area (Å²) in [5.74, 6) is -0.576. The van der Waals surface area contributed by atoms with Crippen molar-refractivity contribution in [2.45, 2.75) is 193 Å². The highest BCUT2D eigenvalue weighted by Gasteiger charge is 2.39. The van der Waals surface area contributed by atoms with Crippen molar-refractivity contribution < 1.29 is 39.2 Å². The van der Waals surface area contributed by atoms with Crippen molar-refractivity contribution in [1.29, 1.82) is 0 Å². The Morgan fingerprint density at radius 3 is 1.98 bits per heavy atom. The molecule has 1 aliphatic carbocycles. The molecule has 0 amide bonds. The van der Waals surface area contributed by atoms with Crippen LogP contribution in [-0.4, -0.2) is 64.6 Å². The first kappa shape index (κ1) is 46.0. The van der Waals surface area contributed by atoms with Gasteiger partial charge in [-0.15, -0.1) is 0 Å². The highest BCUT2D eigenvalue weighted by Crippen LogP contribution is 2.33. The molecule has 0 saturated heterocycles. The Morgan fingerprint density at radius 2 is 1.38 bits per heavy atom. The lowest BCUT2D eigenvalue weighted by atomic mass is 9.90. The second-order valence-electron chi connectivity index (χ2n) is 15.0. The Kier molecular flexibility index (Phi) is 28.1. The van der Waals surface area contributed by atoms with Crippen molar-refractivity contribution in [2.75, 3.05) is 13.2 Å². The summed E-state index contributed by atoms with van der Waals surface area (Å²) >= 11 is 0. The van der Waals surface area contributed by atoms with Crippen LogP contribution >= 0.6 is 0 Å². The minimum absolute atomic E-state index is 0.000343. The number of ether oxygens (including phenoxy) is 2. The maximum Gasteiger partial charge on any atom is 0.306 e. The number of carbonyl (C=O) groups is 3. The molecule has 0 heterocycles. The number of unbranched alkanes of at least 4 members (excludes halogenated alkanes) is 15. The fourth-order valence-corrected chi connectivity index (χ4v) is 6.60. The van der Waals surface area contributed by atoms with E-state index < -0.39 is 36.8 Å². The molecule has 5 atom stereocenters. The van der Waals surface area contributed by atoms with E-state index >= 15 is 0 Å². The predicted octanol–water partition coefficient (Wildman–Crippen LogP) is 9.12. The number of aliphatic hydroxyl groups excluding tert-OH is 3. The van der Waals surface area contributed by atoms with Gasteiger partial charge < -0.3 is 24.8 Å². The number of hydrogen-bond donors (Lipinski definition) is 3. The second-order valence-corrected chi connectivity index (χ2v) is 15.0. The molecule has 3 N–H and O–H groups in total. The normalized spacial score (nSPS) is 19.2. The quantitative estimate of drug-likeness (QED) is 0.0359. The first-order chi connectivity index (χ1) is 24.2. The molecule has 8 nitrogen and oxygen atoms in total. The highest BCUT2D eigenvalue weighted by molar-refractivity contribution is 5.86. The van der Waals surface area contributed by atoms with Crippen LogP contribution in [0.5, 0.6) is 0 Å². The molecule has 1 rings (SSSR count). The Labute approximate surface area is 304 Å². The van der Waals surface area contributed by atoms with E-state index in [-0.39, 0.29) is 37.1 Å². The smallest absolute Gasteiger partial charge is 0.306 e. The van der Waals surface area contributed by atoms with Crippen LogP contribution in [-0.2, 0) is 23.9 Å². The minimum atomic E-state index is -0.872. The number of rotatable bonds is 32. The number of carbonyl (C=O) groups excluding carboxylic acids is 3. The summed E-state index contributed by atoms with van der Waals surface area (Å²) in [5.41, 5.74) is 0. The number of hydrogen-bond acceptors (Lipinski definition) is 8. The number of allylic oxidation sites excluding steroid dienone is 3. The van der Waals surface area contributed by atoms with Gasteiger partial charge in [0, 0.05) is 31.1 Å². The van der Waals surface area contributed by atoms with Gasteiger partial charge in [-0.05, 0) is 38.0 Å². The molecule has 0 spiro atoms. The van der Waals surface area contributed by atoms with Crippen LogP contribution < -0.4 is 0 Å². The van der Waals surface area contributed by atoms with Crippen molar-refractivity contribution in [1.82, 2.24) is 0 Å². The van der Waals surface area contributed by atoms with Gasteiger partial charge in [0.2, 0.25) is 0 Å². The highest BCUT2D eigenvalue weighted by atomic mass is 16.6. The molecule has 0 aromatic heterocycles. The third kappa shape index (κ3) is 24.2. The monoisotopic (exact) mass is 707 g/mol. The van der Waals surface area contributed by atoms with E-state index in [2.05, 4.69) is 20.8 Å². The first-order valence-corrected chi connectivity index (χ1v) is 20.4. The molecule has 0 radical (unpaired) electrons. The van der Waals surface area contributed by atoms with Crippen LogP contribution in [0.25, 0.3) is 0 Å². The van der Waals surface area contributed by atoms with Gasteiger partial charge in [0.15, 0.2) is 6.10 Å². The van der Waals surface area contributed by atoms with E-state index in [1.165, 1.54) is 70.6 Å². The predicted molar refractivity (Wildman–Crippen MR) is 202 cm³/mol. The van der Waals surface area contributed by atoms with E-state index in [9.17, 15) is 29.7 Å². The third-order valence-corrected chi connectivity index (χ3v) is 9.80. The van der Waals surface area contributed by atoms with Gasteiger partial charge in [0.05, 0.1) is 18.8 Å². The van der Waals surface area contributed by atoms with Crippen LogP contribution in [0.2, 0.25) is 0 Å². The average molecular weight is 707 g/mol. The summed E-state index contributed by atoms with van der Waals surface area (Å²) in [7, 11) is 0. The second kappa shape index (κ2) is 30.6. The number of esters is 2. The number of aliphatic hydroxyl groups is 3. The van der Waals surface area contributed by atoms with E-state index in [0.29, 0.717) is 32.1 Å². The van der Waals surface area contributed by atoms with Crippen LogP contribution in [0.1, 0.15) is 175 Å². The lowest BCUT2D eigenvalue weighted by molar-refractivity contribution is -0.161. The average Bonchev–Trinajstić information content (AvgIpc) is 3.35. The maximum atomic E-state index is 12.4. The SMILES string of the molecule is CCCCC[C@H](O)/C=C/[C@H]1C(=O)C[C@H](O)[C@@H]1C/C=C\CCCC(=O)O[C@@H](CO)COC(=O)CCCCCCCCCCCCCCCC(C)C. The molecule has 50 heavy (non-hydrogen) atoms. The molecule has 0 bridgehead atoms. The van der Waals surface area contributed by atoms with Crippen molar-refractivity contribution in [3.05, 3.63) is 24.3 Å². The van der Waals surface area contributed by atoms with Gasteiger partial charge in [-0.3, -0.25) is 14.4 Å². The third-order valence-electron chi connectivity index (χ3n) is 9.80. The molecule has 290 valence electrons. The summed E-state index contributed by atoms with van der Waals surface area (Å²) < 4.78 is 10.6. The summed E-state index contributed by atoms with van der Waals surface area (Å²) in [6.07, 6.45) is 28.9. The van der Waals surface area contributed by atoms with Gasteiger partial charge in [-0.2, -0.15) is 0 Å². The zero-order valence-electron chi connectivity index (χ0n) is 32.0. The molecule has 0 aromatic rings. The molecular formula is C42H74O8. The Balaban J connectivity index is 2.10. The van der Waals surface area contributed by atoms with Gasteiger partial charge in [0.1, 0.15) is 12.4 Å². The lowest BCUT2D eigenvalue weighted by Gasteiger charge is -2.17. The van der Waals surface area contributed by atoms with Gasteiger partial charge in [-0.1, -0.05) is 148 Å². The molecule has 1 fully saturated rings. The Hall–Kier alpha value is -2.03. The molecule has 0 aromatic carbocycles. The molecule has 8 heteroatoms. The lowest BCUT2D eigenvalue weighted by Crippen LogP contribution is -2.28. The van der Waals surface area contributed by atoms with Crippen LogP contribution in [0.15, 0.2) is 24.3 Å². The zero-order valence-corrected chi connectivity index (χ0v) is 32.0.